The number of rotatable bonds is 3. The van der Waals surface area contributed by atoms with Gasteiger partial charge in [0, 0.05) is 33.8 Å². The van der Waals surface area contributed by atoms with Gasteiger partial charge in [0.25, 0.3) is 11.5 Å². The third-order valence-electron chi connectivity index (χ3n) is 4.12. The van der Waals surface area contributed by atoms with Gasteiger partial charge in [-0.2, -0.15) is 0 Å². The number of benzene rings is 1. The summed E-state index contributed by atoms with van der Waals surface area (Å²) in [7, 11) is 6.50. The summed E-state index contributed by atoms with van der Waals surface area (Å²) in [6, 6.07) is 10.3. The molecule has 26 heavy (non-hydrogen) atoms. The third kappa shape index (κ3) is 2.85. The van der Waals surface area contributed by atoms with Gasteiger partial charge in [-0.05, 0) is 18.2 Å². The highest BCUT2D eigenvalue weighted by molar-refractivity contribution is 6.06. The van der Waals surface area contributed by atoms with E-state index in [-0.39, 0.29) is 16.9 Å². The van der Waals surface area contributed by atoms with Crippen LogP contribution in [-0.2, 0) is 14.1 Å². The molecule has 1 amide bonds. The molecule has 2 heterocycles. The maximum Gasteiger partial charge on any atom is 0.332 e. The number of hydrogen-bond acceptors (Lipinski definition) is 5. The van der Waals surface area contributed by atoms with Crippen molar-refractivity contribution in [3.63, 3.8) is 0 Å². The van der Waals surface area contributed by atoms with Gasteiger partial charge in [0.15, 0.2) is 11.5 Å². The lowest BCUT2D eigenvalue weighted by atomic mass is 10.2. The van der Waals surface area contributed by atoms with E-state index in [4.69, 9.17) is 0 Å². The molecule has 0 saturated heterocycles. The van der Waals surface area contributed by atoms with Crippen LogP contribution >= 0.6 is 0 Å². The second-order valence-electron chi connectivity index (χ2n) is 6.15. The topological polar surface area (TPSA) is 89.2 Å². The Labute approximate surface area is 149 Å². The van der Waals surface area contributed by atoms with E-state index < -0.39 is 11.2 Å². The highest BCUT2D eigenvalue weighted by Crippen LogP contribution is 2.25. The van der Waals surface area contributed by atoms with Crippen molar-refractivity contribution in [2.75, 3.05) is 24.3 Å². The quantitative estimate of drug-likeness (QED) is 0.757. The predicted molar refractivity (Wildman–Crippen MR) is 101 cm³/mol. The van der Waals surface area contributed by atoms with E-state index in [9.17, 15) is 14.4 Å². The standard InChI is InChI=1S/C18H19N5O3/c1-21(2)15-13(19-16(24)11-8-6-5-7-9-11)10-12-14(20-15)22(3)18(26)23(4)17(12)25/h5-10H,1-4H3,(H,19,24). The first kappa shape index (κ1) is 17.4. The van der Waals surface area contributed by atoms with Gasteiger partial charge in [-0.3, -0.25) is 18.7 Å². The predicted octanol–water partition coefficient (Wildman–Crippen LogP) is 0.950. The molecule has 0 spiro atoms. The van der Waals surface area contributed by atoms with Crippen LogP contribution in [0.4, 0.5) is 11.5 Å². The summed E-state index contributed by atoms with van der Waals surface area (Å²) in [5.41, 5.74) is 0.231. The van der Waals surface area contributed by atoms with Crippen LogP contribution in [0, 0.1) is 0 Å². The molecule has 0 saturated carbocycles. The number of amides is 1. The van der Waals surface area contributed by atoms with Crippen LogP contribution in [0.15, 0.2) is 46.0 Å². The first-order chi connectivity index (χ1) is 12.3. The number of hydrogen-bond donors (Lipinski definition) is 1. The van der Waals surface area contributed by atoms with Crippen molar-refractivity contribution in [2.45, 2.75) is 0 Å². The summed E-state index contributed by atoms with van der Waals surface area (Å²) in [6.07, 6.45) is 0. The normalized spacial score (nSPS) is 10.8. The second-order valence-corrected chi connectivity index (χ2v) is 6.15. The first-order valence-electron chi connectivity index (χ1n) is 7.95. The Bertz CT molecular complexity index is 1110. The monoisotopic (exact) mass is 353 g/mol. The molecule has 8 heteroatoms. The molecule has 0 fully saturated rings. The Morgan fingerprint density at radius 2 is 1.73 bits per heavy atom. The largest absolute Gasteiger partial charge is 0.361 e. The van der Waals surface area contributed by atoms with Crippen LogP contribution in [0.5, 0.6) is 0 Å². The lowest BCUT2D eigenvalue weighted by molar-refractivity contribution is 0.102. The molecule has 0 bridgehead atoms. The smallest absolute Gasteiger partial charge is 0.332 e. The Morgan fingerprint density at radius 1 is 1.08 bits per heavy atom. The molecule has 3 rings (SSSR count). The van der Waals surface area contributed by atoms with E-state index in [2.05, 4.69) is 10.3 Å². The lowest BCUT2D eigenvalue weighted by Crippen LogP contribution is -2.37. The molecular weight excluding hydrogens is 334 g/mol. The summed E-state index contributed by atoms with van der Waals surface area (Å²) in [4.78, 5) is 43.3. The van der Waals surface area contributed by atoms with Crippen molar-refractivity contribution in [1.82, 2.24) is 14.1 Å². The molecule has 134 valence electrons. The Hall–Kier alpha value is -3.42. The minimum absolute atomic E-state index is 0.253. The van der Waals surface area contributed by atoms with E-state index in [1.54, 1.807) is 56.4 Å². The highest BCUT2D eigenvalue weighted by atomic mass is 16.2. The van der Waals surface area contributed by atoms with Crippen molar-refractivity contribution in [2.24, 2.45) is 14.1 Å². The van der Waals surface area contributed by atoms with E-state index in [1.165, 1.54) is 11.6 Å². The van der Waals surface area contributed by atoms with Gasteiger partial charge in [-0.1, -0.05) is 18.2 Å². The number of pyridine rings is 1. The third-order valence-corrected chi connectivity index (χ3v) is 4.12. The number of aromatic nitrogens is 3. The minimum Gasteiger partial charge on any atom is -0.361 e. The zero-order valence-electron chi connectivity index (χ0n) is 15.0. The summed E-state index contributed by atoms with van der Waals surface area (Å²) >= 11 is 0. The first-order valence-corrected chi connectivity index (χ1v) is 7.95. The molecule has 3 aromatic rings. The van der Waals surface area contributed by atoms with Crippen molar-refractivity contribution < 1.29 is 4.79 Å². The maximum atomic E-state index is 12.5. The van der Waals surface area contributed by atoms with Gasteiger partial charge >= 0.3 is 5.69 Å². The fourth-order valence-electron chi connectivity index (χ4n) is 2.71. The average molecular weight is 353 g/mol. The molecule has 0 unspecified atom stereocenters. The summed E-state index contributed by atoms with van der Waals surface area (Å²) in [5, 5.41) is 3.06. The number of nitrogens with zero attached hydrogens (tertiary/aromatic N) is 4. The molecule has 2 aromatic heterocycles. The van der Waals surface area contributed by atoms with Crippen LogP contribution in [0.25, 0.3) is 11.0 Å². The number of fused-ring (bicyclic) bond motifs is 1. The van der Waals surface area contributed by atoms with E-state index >= 15 is 0 Å². The molecule has 0 aliphatic carbocycles. The van der Waals surface area contributed by atoms with Crippen LogP contribution in [0.3, 0.4) is 0 Å². The van der Waals surface area contributed by atoms with Gasteiger partial charge in [-0.15, -0.1) is 0 Å². The molecule has 0 aliphatic heterocycles. The van der Waals surface area contributed by atoms with Crippen LogP contribution in [-0.4, -0.2) is 34.1 Å². The fraction of sp³-hybridized carbons (Fsp3) is 0.222. The van der Waals surface area contributed by atoms with Crippen LogP contribution in [0.2, 0.25) is 0 Å². The Balaban J connectivity index is 2.21. The fourth-order valence-corrected chi connectivity index (χ4v) is 2.71. The molecule has 1 N–H and O–H groups in total. The lowest BCUT2D eigenvalue weighted by Gasteiger charge is -2.18. The van der Waals surface area contributed by atoms with Gasteiger partial charge in [0.1, 0.15) is 0 Å². The molecule has 0 radical (unpaired) electrons. The maximum absolute atomic E-state index is 12.5. The van der Waals surface area contributed by atoms with Gasteiger partial charge in [0.05, 0.1) is 11.1 Å². The molecule has 1 aromatic carbocycles. The van der Waals surface area contributed by atoms with Crippen molar-refractivity contribution in [1.29, 1.82) is 0 Å². The van der Waals surface area contributed by atoms with Gasteiger partial charge in [0.2, 0.25) is 0 Å². The SMILES string of the molecule is CN(C)c1nc2c(cc1NC(=O)c1ccccc1)c(=O)n(C)c(=O)n2C. The van der Waals surface area contributed by atoms with Crippen molar-refractivity contribution in [3.8, 4) is 0 Å². The van der Waals surface area contributed by atoms with E-state index in [0.717, 1.165) is 4.57 Å². The van der Waals surface area contributed by atoms with E-state index in [0.29, 0.717) is 17.1 Å². The van der Waals surface area contributed by atoms with Gasteiger partial charge in [-0.25, -0.2) is 9.78 Å². The van der Waals surface area contributed by atoms with E-state index in [1.807, 2.05) is 6.07 Å². The highest BCUT2D eigenvalue weighted by Gasteiger charge is 2.17. The van der Waals surface area contributed by atoms with Crippen LogP contribution in [0.1, 0.15) is 10.4 Å². The number of aryl methyl sites for hydroxylation is 1. The Kier molecular flexibility index (Phi) is 4.33. The molecule has 0 aliphatic rings. The summed E-state index contributed by atoms with van der Waals surface area (Å²) in [6.45, 7) is 0. The second kappa shape index (κ2) is 6.47. The van der Waals surface area contributed by atoms with Gasteiger partial charge < -0.3 is 10.2 Å². The summed E-state index contributed by atoms with van der Waals surface area (Å²) < 4.78 is 2.33. The number of carbonyl (C=O) groups excluding carboxylic acids is 1. The number of nitrogens with one attached hydrogen (secondary N) is 1. The number of carbonyl (C=O) groups is 1. The van der Waals surface area contributed by atoms with Crippen molar-refractivity contribution in [3.05, 3.63) is 62.8 Å². The average Bonchev–Trinajstić information content (AvgIpc) is 2.64. The Morgan fingerprint density at radius 3 is 2.35 bits per heavy atom. The molecule has 8 nitrogen and oxygen atoms in total. The molecule has 0 atom stereocenters. The summed E-state index contributed by atoms with van der Waals surface area (Å²) in [5.74, 6) is 0.140. The van der Waals surface area contributed by atoms with Crippen molar-refractivity contribution >= 4 is 28.4 Å². The van der Waals surface area contributed by atoms with Crippen LogP contribution < -0.4 is 21.5 Å². The minimum atomic E-state index is -0.462. The zero-order chi connectivity index (χ0) is 19.0. The molecular formula is C18H19N5O3. The number of anilines is 2. The zero-order valence-corrected chi connectivity index (χ0v) is 15.0.